The molecule has 5 aromatic rings. The van der Waals surface area contributed by atoms with Crippen LogP contribution in [0.25, 0.3) is 38.2 Å². The van der Waals surface area contributed by atoms with E-state index in [1.54, 1.807) is 25.5 Å². The number of aromatic nitrogens is 2. The van der Waals surface area contributed by atoms with Gasteiger partial charge in [0, 0.05) is 78.1 Å². The lowest BCUT2D eigenvalue weighted by Crippen LogP contribution is -2.45. The number of aryl methyl sites for hydroxylation is 1. The monoisotopic (exact) mass is 638 g/mol. The lowest BCUT2D eigenvalue weighted by atomic mass is 10.0. The van der Waals surface area contributed by atoms with Crippen LogP contribution >= 0.6 is 11.3 Å². The third-order valence-corrected chi connectivity index (χ3v) is 9.94. The number of benzene rings is 2. The van der Waals surface area contributed by atoms with Gasteiger partial charge in [-0.15, -0.1) is 11.3 Å². The summed E-state index contributed by atoms with van der Waals surface area (Å²) in [5.74, 6) is 0.792. The van der Waals surface area contributed by atoms with Crippen molar-refractivity contribution in [2.75, 3.05) is 44.8 Å². The first kappa shape index (κ1) is 31.1. The molecule has 4 N–H and O–H groups in total. The lowest BCUT2D eigenvalue weighted by molar-refractivity contribution is 0.101. The molecule has 4 heterocycles. The number of pyridine rings is 1. The third kappa shape index (κ3) is 6.16. The van der Waals surface area contributed by atoms with Crippen molar-refractivity contribution in [1.29, 1.82) is 0 Å². The Bertz CT molecular complexity index is 1940. The van der Waals surface area contributed by atoms with E-state index in [-0.39, 0.29) is 11.9 Å². The molecule has 46 heavy (non-hydrogen) atoms. The molecular formula is C35H38N6O4S. The van der Waals surface area contributed by atoms with Gasteiger partial charge < -0.3 is 35.3 Å². The van der Waals surface area contributed by atoms with Crippen molar-refractivity contribution in [3.8, 4) is 16.9 Å². The van der Waals surface area contributed by atoms with Crippen molar-refractivity contribution in [2.24, 2.45) is 7.05 Å². The second-order valence-electron chi connectivity index (χ2n) is 11.6. The number of amides is 2. The Morgan fingerprint density at radius 1 is 1.20 bits per heavy atom. The standard InChI is InChI=1S/C35H38N6O4S/c1-39(35(43)44)25-13-16-41(17-14-25)15-7-6-9-24-20-37-33(36)31-26(21-46-32(24)31)22-11-12-27(30(19-22)45-3)38-34(42)29-18-23-8-4-5-10-28(23)40(29)2/h4-6,8-12,18-21,25H,7,13-17H2,1-3H3,(H2,36,37)(H,38,42)(H,43,44)/b9-6+. The molecule has 0 atom stereocenters. The van der Waals surface area contributed by atoms with Gasteiger partial charge in [-0.25, -0.2) is 9.78 Å². The summed E-state index contributed by atoms with van der Waals surface area (Å²) >= 11 is 1.62. The van der Waals surface area contributed by atoms with Gasteiger partial charge in [-0.1, -0.05) is 36.4 Å². The molecule has 0 radical (unpaired) electrons. The van der Waals surface area contributed by atoms with Crippen LogP contribution in [0.1, 0.15) is 35.3 Å². The van der Waals surface area contributed by atoms with E-state index in [4.69, 9.17) is 10.5 Å². The van der Waals surface area contributed by atoms with Crippen LogP contribution in [0.15, 0.2) is 66.2 Å². The highest BCUT2D eigenvalue weighted by Gasteiger charge is 2.24. The number of hydrogen-bond donors (Lipinski definition) is 3. The highest BCUT2D eigenvalue weighted by molar-refractivity contribution is 7.18. The molecule has 0 bridgehead atoms. The molecule has 2 amide bonds. The van der Waals surface area contributed by atoms with Crippen molar-refractivity contribution in [2.45, 2.75) is 25.3 Å². The molecule has 6 rings (SSSR count). The Morgan fingerprint density at radius 3 is 2.72 bits per heavy atom. The molecular weight excluding hydrogens is 600 g/mol. The number of anilines is 2. The summed E-state index contributed by atoms with van der Waals surface area (Å²) in [5.41, 5.74) is 11.4. The van der Waals surface area contributed by atoms with Crippen LogP contribution in [-0.4, -0.2) is 76.3 Å². The third-order valence-electron chi connectivity index (χ3n) is 8.91. The number of piperidine rings is 1. The normalized spacial score (nSPS) is 14.3. The molecule has 1 fully saturated rings. The van der Waals surface area contributed by atoms with Gasteiger partial charge in [0.05, 0.1) is 12.8 Å². The van der Waals surface area contributed by atoms with Crippen LogP contribution in [0.5, 0.6) is 5.75 Å². The average molecular weight is 639 g/mol. The Labute approximate surface area is 271 Å². The summed E-state index contributed by atoms with van der Waals surface area (Å²) in [5, 5.41) is 16.2. The minimum Gasteiger partial charge on any atom is -0.495 e. The fraction of sp³-hybridized carbons (Fsp3) is 0.286. The molecule has 1 aliphatic heterocycles. The fourth-order valence-corrected chi connectivity index (χ4v) is 7.31. The number of nitrogens with zero attached hydrogens (tertiary/aromatic N) is 4. The van der Waals surface area contributed by atoms with Crippen molar-refractivity contribution < 1.29 is 19.4 Å². The number of para-hydroxylation sites is 1. The summed E-state index contributed by atoms with van der Waals surface area (Å²) in [4.78, 5) is 32.8. The topological polar surface area (TPSA) is 126 Å². The molecule has 2 aromatic carbocycles. The maximum atomic E-state index is 13.3. The van der Waals surface area contributed by atoms with E-state index in [0.29, 0.717) is 22.9 Å². The molecule has 11 heteroatoms. The van der Waals surface area contributed by atoms with Crippen LogP contribution < -0.4 is 15.8 Å². The quantitative estimate of drug-likeness (QED) is 0.163. The van der Waals surface area contributed by atoms with E-state index in [0.717, 1.165) is 76.6 Å². The second-order valence-corrected chi connectivity index (χ2v) is 12.5. The van der Waals surface area contributed by atoms with E-state index < -0.39 is 6.09 Å². The zero-order valence-electron chi connectivity index (χ0n) is 26.2. The van der Waals surface area contributed by atoms with E-state index in [1.165, 1.54) is 4.90 Å². The summed E-state index contributed by atoms with van der Waals surface area (Å²) in [6, 6.07) is 15.6. The first-order chi connectivity index (χ1) is 22.2. The Balaban J connectivity index is 1.16. The number of ether oxygens (including phenoxy) is 1. The van der Waals surface area contributed by atoms with Crippen LogP contribution in [0, 0.1) is 0 Å². The number of carbonyl (C=O) groups is 2. The van der Waals surface area contributed by atoms with Gasteiger partial charge in [0.15, 0.2) is 0 Å². The summed E-state index contributed by atoms with van der Waals surface area (Å²) in [6.45, 7) is 2.71. The molecule has 0 saturated carbocycles. The Hall–Kier alpha value is -4.87. The number of rotatable bonds is 9. The Kier molecular flexibility index (Phi) is 8.96. The van der Waals surface area contributed by atoms with Gasteiger partial charge in [0.25, 0.3) is 5.91 Å². The molecule has 0 unspecified atom stereocenters. The van der Waals surface area contributed by atoms with Gasteiger partial charge in [-0.3, -0.25) is 4.79 Å². The summed E-state index contributed by atoms with van der Waals surface area (Å²) in [7, 11) is 5.13. The number of fused-ring (bicyclic) bond motifs is 2. The molecule has 1 saturated heterocycles. The van der Waals surface area contributed by atoms with Crippen molar-refractivity contribution in [3.63, 3.8) is 0 Å². The van der Waals surface area contributed by atoms with Crippen LogP contribution in [-0.2, 0) is 7.05 Å². The summed E-state index contributed by atoms with van der Waals surface area (Å²) < 4.78 is 8.65. The average Bonchev–Trinajstić information content (AvgIpc) is 3.67. The Morgan fingerprint density at radius 2 is 1.98 bits per heavy atom. The number of nitrogen functional groups attached to an aromatic ring is 1. The first-order valence-corrected chi connectivity index (χ1v) is 16.2. The maximum Gasteiger partial charge on any atom is 0.407 e. The predicted octanol–water partition coefficient (Wildman–Crippen LogP) is 6.78. The largest absolute Gasteiger partial charge is 0.495 e. The van der Waals surface area contributed by atoms with Gasteiger partial charge in [0.2, 0.25) is 0 Å². The van der Waals surface area contributed by atoms with Gasteiger partial charge in [-0.05, 0) is 54.5 Å². The zero-order valence-corrected chi connectivity index (χ0v) is 27.0. The fourth-order valence-electron chi connectivity index (χ4n) is 6.23. The predicted molar refractivity (Wildman–Crippen MR) is 186 cm³/mol. The minimum absolute atomic E-state index is 0.0939. The van der Waals surface area contributed by atoms with Crippen molar-refractivity contribution in [1.82, 2.24) is 19.4 Å². The number of hydrogen-bond acceptors (Lipinski definition) is 7. The minimum atomic E-state index is -0.862. The van der Waals surface area contributed by atoms with Crippen molar-refractivity contribution in [3.05, 3.63) is 77.4 Å². The number of likely N-dealkylation sites (tertiary alicyclic amines) is 1. The molecule has 3 aromatic heterocycles. The molecule has 0 spiro atoms. The van der Waals surface area contributed by atoms with Gasteiger partial charge in [0.1, 0.15) is 17.3 Å². The van der Waals surface area contributed by atoms with Crippen LogP contribution in [0.3, 0.4) is 0 Å². The molecule has 10 nitrogen and oxygen atoms in total. The van der Waals surface area contributed by atoms with Crippen molar-refractivity contribution >= 4 is 61.9 Å². The number of carbonyl (C=O) groups excluding carboxylic acids is 1. The van der Waals surface area contributed by atoms with Crippen LogP contribution in [0.4, 0.5) is 16.3 Å². The number of nitrogens with two attached hydrogens (primary N) is 1. The smallest absolute Gasteiger partial charge is 0.407 e. The second kappa shape index (κ2) is 13.2. The molecule has 1 aliphatic rings. The number of methoxy groups -OCH3 is 1. The van der Waals surface area contributed by atoms with E-state index in [9.17, 15) is 14.7 Å². The first-order valence-electron chi connectivity index (χ1n) is 15.3. The number of carboxylic acid groups (broad SMARTS) is 1. The number of thiophene rings is 1. The lowest BCUT2D eigenvalue weighted by Gasteiger charge is -2.35. The van der Waals surface area contributed by atoms with Gasteiger partial charge in [-0.2, -0.15) is 0 Å². The highest BCUT2D eigenvalue weighted by atomic mass is 32.1. The van der Waals surface area contributed by atoms with E-state index in [1.807, 2.05) is 66.3 Å². The zero-order chi connectivity index (χ0) is 32.4. The molecule has 238 valence electrons. The maximum absolute atomic E-state index is 13.3. The molecule has 0 aliphatic carbocycles. The van der Waals surface area contributed by atoms with Gasteiger partial charge >= 0.3 is 6.09 Å². The van der Waals surface area contributed by atoms with Crippen LogP contribution in [0.2, 0.25) is 0 Å². The number of nitrogens with one attached hydrogen (secondary N) is 1. The SMILES string of the molecule is COc1cc(-c2csc3c(/C=C/CCN4CCC(N(C)C(=O)O)CC4)cnc(N)c23)ccc1NC(=O)c1cc2ccccc2n1C. The highest BCUT2D eigenvalue weighted by Crippen LogP contribution is 2.41. The summed E-state index contributed by atoms with van der Waals surface area (Å²) in [6.07, 6.45) is 7.81. The van der Waals surface area contributed by atoms with E-state index in [2.05, 4.69) is 32.7 Å². The van der Waals surface area contributed by atoms with E-state index >= 15 is 0 Å².